The van der Waals surface area contributed by atoms with E-state index in [9.17, 15) is 0 Å². The lowest BCUT2D eigenvalue weighted by molar-refractivity contribution is 0.0288. The van der Waals surface area contributed by atoms with Crippen LogP contribution in [0.25, 0.3) is 0 Å². The van der Waals surface area contributed by atoms with Gasteiger partial charge in [-0.15, -0.1) is 11.3 Å². The molecule has 0 spiro atoms. The quantitative estimate of drug-likeness (QED) is 0.882. The molecule has 2 N–H and O–H groups in total. The highest BCUT2D eigenvalue weighted by Gasteiger charge is 2.40. The minimum absolute atomic E-state index is 0.211. The van der Waals surface area contributed by atoms with Crippen molar-refractivity contribution in [1.29, 1.82) is 0 Å². The normalized spacial score (nSPS) is 29.6. The van der Waals surface area contributed by atoms with Crippen LogP contribution in [-0.2, 0) is 0 Å². The summed E-state index contributed by atoms with van der Waals surface area (Å²) in [6.45, 7) is 5.43. The van der Waals surface area contributed by atoms with Gasteiger partial charge in [0.05, 0.1) is 0 Å². The van der Waals surface area contributed by atoms with Gasteiger partial charge in [0.1, 0.15) is 0 Å². The van der Waals surface area contributed by atoms with Crippen LogP contribution in [0.5, 0.6) is 0 Å². The van der Waals surface area contributed by atoms with Gasteiger partial charge < -0.3 is 5.73 Å². The molecule has 3 heteroatoms. The van der Waals surface area contributed by atoms with E-state index in [4.69, 9.17) is 5.73 Å². The molecule has 1 aliphatic rings. The first-order valence-corrected chi connectivity index (χ1v) is 8.47. The van der Waals surface area contributed by atoms with E-state index in [1.54, 1.807) is 0 Å². The number of rotatable bonds is 5. The van der Waals surface area contributed by atoms with Crippen LogP contribution in [0, 0.1) is 5.92 Å². The molecule has 108 valence electrons. The molecule has 0 aromatic carbocycles. The maximum Gasteiger partial charge on any atom is 0.0416 e. The van der Waals surface area contributed by atoms with Crippen LogP contribution in [0.15, 0.2) is 17.5 Å². The maximum absolute atomic E-state index is 6.21. The number of thiophene rings is 1. The molecular weight excluding hydrogens is 252 g/mol. The van der Waals surface area contributed by atoms with Gasteiger partial charge in [-0.1, -0.05) is 32.3 Å². The van der Waals surface area contributed by atoms with Crippen molar-refractivity contribution in [2.45, 2.75) is 57.5 Å². The maximum atomic E-state index is 6.21. The Kier molecular flexibility index (Phi) is 5.04. The van der Waals surface area contributed by atoms with Crippen LogP contribution in [-0.4, -0.2) is 24.0 Å². The summed E-state index contributed by atoms with van der Waals surface area (Å²) in [7, 11) is 2.27. The van der Waals surface area contributed by atoms with Crippen molar-refractivity contribution in [2.75, 3.05) is 13.6 Å². The van der Waals surface area contributed by atoms with Crippen molar-refractivity contribution in [1.82, 2.24) is 4.90 Å². The molecule has 1 heterocycles. The summed E-state index contributed by atoms with van der Waals surface area (Å²) >= 11 is 1.86. The summed E-state index contributed by atoms with van der Waals surface area (Å²) in [4.78, 5) is 4.01. The van der Waals surface area contributed by atoms with Crippen LogP contribution in [0.3, 0.4) is 0 Å². The molecule has 1 aromatic rings. The van der Waals surface area contributed by atoms with Crippen LogP contribution >= 0.6 is 11.3 Å². The molecule has 2 rings (SSSR count). The molecule has 0 saturated heterocycles. The molecule has 3 unspecified atom stereocenters. The van der Waals surface area contributed by atoms with E-state index in [-0.39, 0.29) is 5.54 Å². The molecule has 1 aromatic heterocycles. The Bertz CT molecular complexity index is 376. The predicted octanol–water partition coefficient (Wildman–Crippen LogP) is 4.04. The number of hydrogen-bond donors (Lipinski definition) is 1. The minimum atomic E-state index is 0.211. The third-order valence-electron chi connectivity index (χ3n) is 5.16. The molecule has 19 heavy (non-hydrogen) atoms. The summed E-state index contributed by atoms with van der Waals surface area (Å²) in [6.07, 6.45) is 6.54. The Morgan fingerprint density at radius 2 is 2.37 bits per heavy atom. The van der Waals surface area contributed by atoms with Crippen LogP contribution in [0.2, 0.25) is 0 Å². The lowest BCUT2D eigenvalue weighted by Gasteiger charge is -2.49. The first-order chi connectivity index (χ1) is 9.13. The summed E-state index contributed by atoms with van der Waals surface area (Å²) in [5, 5.41) is 2.17. The average Bonchev–Trinajstić information content (AvgIpc) is 2.99. The monoisotopic (exact) mass is 280 g/mol. The van der Waals surface area contributed by atoms with Crippen molar-refractivity contribution in [3.05, 3.63) is 22.4 Å². The fraction of sp³-hybridized carbons (Fsp3) is 0.750. The van der Waals surface area contributed by atoms with E-state index >= 15 is 0 Å². The Morgan fingerprint density at radius 1 is 1.58 bits per heavy atom. The number of nitrogens with two attached hydrogens (primary N) is 1. The van der Waals surface area contributed by atoms with Crippen molar-refractivity contribution in [3.8, 4) is 0 Å². The van der Waals surface area contributed by atoms with Crippen molar-refractivity contribution in [2.24, 2.45) is 11.7 Å². The zero-order valence-corrected chi connectivity index (χ0v) is 13.4. The SMILES string of the molecule is CCC1CCCC(CN)(N(C)C(C)c2cccs2)C1. The van der Waals surface area contributed by atoms with E-state index in [0.29, 0.717) is 6.04 Å². The lowest BCUT2D eigenvalue weighted by Crippen LogP contribution is -2.55. The third-order valence-corrected chi connectivity index (χ3v) is 6.21. The molecule has 1 saturated carbocycles. The Hall–Kier alpha value is -0.380. The predicted molar refractivity (Wildman–Crippen MR) is 84.5 cm³/mol. The highest BCUT2D eigenvalue weighted by Crippen LogP contribution is 2.41. The second-order valence-corrected chi connectivity index (χ2v) is 7.08. The van der Waals surface area contributed by atoms with Gasteiger partial charge in [-0.25, -0.2) is 0 Å². The Labute approximate surface area is 122 Å². The van der Waals surface area contributed by atoms with Gasteiger partial charge >= 0.3 is 0 Å². The zero-order valence-electron chi connectivity index (χ0n) is 12.6. The smallest absolute Gasteiger partial charge is 0.0416 e. The zero-order chi connectivity index (χ0) is 13.9. The standard InChI is InChI=1S/C16H28N2S/c1-4-14-7-5-9-16(11-14,12-17)18(3)13(2)15-8-6-10-19-15/h6,8,10,13-14H,4-5,7,9,11-12,17H2,1-3H3. The first kappa shape index (κ1) is 15.0. The van der Waals surface area contributed by atoms with E-state index in [0.717, 1.165) is 12.5 Å². The van der Waals surface area contributed by atoms with Crippen LogP contribution in [0.4, 0.5) is 0 Å². The fourth-order valence-electron chi connectivity index (χ4n) is 3.59. The minimum Gasteiger partial charge on any atom is -0.329 e. The van der Waals surface area contributed by atoms with Crippen molar-refractivity contribution in [3.63, 3.8) is 0 Å². The molecule has 2 nitrogen and oxygen atoms in total. The number of likely N-dealkylation sites (N-methyl/N-ethyl adjacent to an activating group) is 1. The number of hydrogen-bond acceptors (Lipinski definition) is 3. The van der Waals surface area contributed by atoms with E-state index in [1.807, 2.05) is 11.3 Å². The molecule has 0 aliphatic heterocycles. The van der Waals surface area contributed by atoms with Gasteiger partial charge in [0.25, 0.3) is 0 Å². The van der Waals surface area contributed by atoms with Gasteiger partial charge in [0.2, 0.25) is 0 Å². The van der Waals surface area contributed by atoms with Gasteiger partial charge in [-0.2, -0.15) is 0 Å². The van der Waals surface area contributed by atoms with Gasteiger partial charge in [-0.05, 0) is 44.2 Å². The average molecular weight is 280 g/mol. The lowest BCUT2D eigenvalue weighted by atomic mass is 9.73. The Morgan fingerprint density at radius 3 is 2.95 bits per heavy atom. The third kappa shape index (κ3) is 3.04. The van der Waals surface area contributed by atoms with Gasteiger partial charge in [-0.3, -0.25) is 4.90 Å². The summed E-state index contributed by atoms with van der Waals surface area (Å²) in [6, 6.07) is 4.87. The highest BCUT2D eigenvalue weighted by molar-refractivity contribution is 7.10. The van der Waals surface area contributed by atoms with E-state index in [2.05, 4.69) is 43.3 Å². The molecule has 0 radical (unpaired) electrons. The molecule has 1 fully saturated rings. The van der Waals surface area contributed by atoms with Crippen LogP contribution in [0.1, 0.15) is 56.9 Å². The van der Waals surface area contributed by atoms with Crippen molar-refractivity contribution < 1.29 is 0 Å². The largest absolute Gasteiger partial charge is 0.329 e. The second kappa shape index (κ2) is 6.38. The molecule has 0 bridgehead atoms. The summed E-state index contributed by atoms with van der Waals surface area (Å²) in [5.41, 5.74) is 6.42. The summed E-state index contributed by atoms with van der Waals surface area (Å²) < 4.78 is 0. The van der Waals surface area contributed by atoms with Crippen molar-refractivity contribution >= 4 is 11.3 Å². The fourth-order valence-corrected chi connectivity index (χ4v) is 4.42. The van der Waals surface area contributed by atoms with E-state index < -0.39 is 0 Å². The van der Waals surface area contributed by atoms with Gasteiger partial charge in [0.15, 0.2) is 0 Å². The Balaban J connectivity index is 2.15. The second-order valence-electron chi connectivity index (χ2n) is 6.10. The molecule has 3 atom stereocenters. The number of nitrogens with zero attached hydrogens (tertiary/aromatic N) is 1. The molecule has 0 amide bonds. The topological polar surface area (TPSA) is 29.3 Å². The highest BCUT2D eigenvalue weighted by atomic mass is 32.1. The van der Waals surface area contributed by atoms with E-state index in [1.165, 1.54) is 37.0 Å². The molecule has 1 aliphatic carbocycles. The molecular formula is C16H28N2S. The first-order valence-electron chi connectivity index (χ1n) is 7.59. The van der Waals surface area contributed by atoms with Gasteiger partial charge in [0, 0.05) is 23.0 Å². The summed E-state index contributed by atoms with van der Waals surface area (Å²) in [5.74, 6) is 0.857. The van der Waals surface area contributed by atoms with Crippen LogP contribution < -0.4 is 5.73 Å².